The third-order valence-corrected chi connectivity index (χ3v) is 6.13. The standard InChI is InChI=1S/C22H23Cl2N7O2/c1-11-5-15(21(25)26)20(32)18(6-11)30-4-3-13(9-30)28-22(33)19-16(23)7-14(8-17(19)24)31-10-27-12(2)29-31/h5-8,10,13,32H,3-4,9H2,1-2H3,(H3,25,26)(H,28,33)/p+1. The molecule has 6 N–H and O–H groups in total. The van der Waals surface area contributed by atoms with E-state index >= 15 is 0 Å². The Morgan fingerprint density at radius 2 is 1.94 bits per heavy atom. The molecule has 33 heavy (non-hydrogen) atoms. The molecule has 2 heterocycles. The number of carbonyl (C=O) groups is 1. The largest absolute Gasteiger partial charge is 0.505 e. The molecule has 2 aromatic carbocycles. The summed E-state index contributed by atoms with van der Waals surface area (Å²) in [5.74, 6) is 0.313. The van der Waals surface area contributed by atoms with E-state index in [1.165, 1.54) is 4.68 Å². The van der Waals surface area contributed by atoms with Crippen LogP contribution in [0.1, 0.15) is 33.7 Å². The van der Waals surface area contributed by atoms with Crippen molar-refractivity contribution >= 4 is 40.6 Å². The zero-order chi connectivity index (χ0) is 23.9. The van der Waals surface area contributed by atoms with E-state index in [4.69, 9.17) is 34.3 Å². The lowest BCUT2D eigenvalue weighted by atomic mass is 10.1. The number of halogens is 2. The van der Waals surface area contributed by atoms with Crippen molar-refractivity contribution in [1.29, 1.82) is 0 Å². The van der Waals surface area contributed by atoms with Crippen LogP contribution in [0.4, 0.5) is 5.69 Å². The second kappa shape index (κ2) is 8.92. The Hall–Kier alpha value is -3.30. The molecule has 172 valence electrons. The third-order valence-electron chi connectivity index (χ3n) is 5.53. The summed E-state index contributed by atoms with van der Waals surface area (Å²) in [4.78, 5) is 19.1. The van der Waals surface area contributed by atoms with Crippen molar-refractivity contribution in [3.8, 4) is 11.4 Å². The Morgan fingerprint density at radius 1 is 1.24 bits per heavy atom. The molecule has 1 fully saturated rings. The highest BCUT2D eigenvalue weighted by Gasteiger charge is 2.29. The number of rotatable bonds is 5. The Balaban J connectivity index is 1.50. The average Bonchev–Trinajstić information content (AvgIpc) is 3.37. The third kappa shape index (κ3) is 4.60. The molecule has 4 rings (SSSR count). The second-order valence-electron chi connectivity index (χ2n) is 8.06. The molecule has 1 aliphatic heterocycles. The topological polar surface area (TPSA) is 135 Å². The summed E-state index contributed by atoms with van der Waals surface area (Å²) in [6, 6.07) is 6.68. The minimum Gasteiger partial charge on any atom is -0.505 e. The molecule has 0 spiro atoms. The summed E-state index contributed by atoms with van der Waals surface area (Å²) < 4.78 is 1.54. The molecule has 11 heteroatoms. The van der Waals surface area contributed by atoms with Gasteiger partial charge in [0.1, 0.15) is 17.7 Å². The van der Waals surface area contributed by atoms with Gasteiger partial charge in [-0.2, -0.15) is 5.10 Å². The molecular formula is C22H24Cl2N7O2+. The molecule has 1 unspecified atom stereocenters. The van der Waals surface area contributed by atoms with Gasteiger partial charge in [0, 0.05) is 19.1 Å². The summed E-state index contributed by atoms with van der Waals surface area (Å²) in [6.45, 7) is 4.81. The van der Waals surface area contributed by atoms with Crippen molar-refractivity contribution in [2.45, 2.75) is 26.3 Å². The molecule has 1 saturated heterocycles. The minimum absolute atomic E-state index is 0.0256. The number of aryl methyl sites for hydroxylation is 2. The van der Waals surface area contributed by atoms with E-state index in [-0.39, 0.29) is 39.1 Å². The van der Waals surface area contributed by atoms with Crippen LogP contribution >= 0.6 is 23.2 Å². The van der Waals surface area contributed by atoms with Gasteiger partial charge in [-0.25, -0.2) is 9.67 Å². The normalized spacial score (nSPS) is 15.6. The number of hydrogen-bond donors (Lipinski definition) is 4. The number of phenols is 1. The summed E-state index contributed by atoms with van der Waals surface area (Å²) >= 11 is 12.8. The molecule has 9 nitrogen and oxygen atoms in total. The Morgan fingerprint density at radius 3 is 2.55 bits per heavy atom. The molecule has 0 bridgehead atoms. The van der Waals surface area contributed by atoms with Crippen molar-refractivity contribution in [1.82, 2.24) is 20.1 Å². The fourth-order valence-electron chi connectivity index (χ4n) is 3.95. The average molecular weight is 489 g/mol. The van der Waals surface area contributed by atoms with Gasteiger partial charge in [0.25, 0.3) is 11.7 Å². The van der Waals surface area contributed by atoms with Crippen LogP contribution in [0.15, 0.2) is 30.6 Å². The number of carbonyl (C=O) groups excluding carboxylic acids is 1. The van der Waals surface area contributed by atoms with Gasteiger partial charge in [0.05, 0.1) is 27.0 Å². The Labute approximate surface area is 200 Å². The highest BCUT2D eigenvalue weighted by molar-refractivity contribution is 6.40. The minimum atomic E-state index is -0.369. The van der Waals surface area contributed by atoms with Gasteiger partial charge in [-0.1, -0.05) is 23.2 Å². The maximum atomic E-state index is 13.0. The van der Waals surface area contributed by atoms with E-state index in [1.54, 1.807) is 31.5 Å². The van der Waals surface area contributed by atoms with E-state index in [9.17, 15) is 9.90 Å². The number of hydrogen-bond acceptors (Lipinski definition) is 5. The van der Waals surface area contributed by atoms with Crippen LogP contribution in [0, 0.1) is 13.8 Å². The number of aromatic nitrogens is 3. The molecule has 1 atom stereocenters. The number of amidine groups is 1. The molecular weight excluding hydrogens is 465 g/mol. The number of anilines is 1. The van der Waals surface area contributed by atoms with E-state index in [0.717, 1.165) is 5.56 Å². The van der Waals surface area contributed by atoms with Crippen molar-refractivity contribution < 1.29 is 15.3 Å². The van der Waals surface area contributed by atoms with Crippen LogP contribution < -0.4 is 21.4 Å². The highest BCUT2D eigenvalue weighted by Crippen LogP contribution is 2.34. The lowest BCUT2D eigenvalue weighted by Gasteiger charge is -2.22. The van der Waals surface area contributed by atoms with E-state index in [0.29, 0.717) is 42.3 Å². The van der Waals surface area contributed by atoms with Gasteiger partial charge in [-0.05, 0) is 50.1 Å². The fourth-order valence-corrected chi connectivity index (χ4v) is 4.60. The highest BCUT2D eigenvalue weighted by atomic mass is 35.5. The maximum Gasteiger partial charge on any atom is 0.274 e. The predicted octanol–water partition coefficient (Wildman–Crippen LogP) is 1.37. The smallest absolute Gasteiger partial charge is 0.274 e. The van der Waals surface area contributed by atoms with Crippen LogP contribution in [0.5, 0.6) is 5.75 Å². The fraction of sp³-hybridized carbons (Fsp3) is 0.273. The molecule has 0 saturated carbocycles. The van der Waals surface area contributed by atoms with Crippen LogP contribution in [0.25, 0.3) is 5.69 Å². The maximum absolute atomic E-state index is 13.0. The van der Waals surface area contributed by atoms with Crippen LogP contribution in [0.3, 0.4) is 0 Å². The van der Waals surface area contributed by atoms with Gasteiger partial charge in [-0.15, -0.1) is 0 Å². The first kappa shape index (κ1) is 22.9. The SMILES string of the molecule is Cc1cc(C(N)=[NH2+])c(O)c(N2CCC(NC(=O)c3c(Cl)cc(-n4cnc(C)n4)cc3Cl)C2)c1. The summed E-state index contributed by atoms with van der Waals surface area (Å²) in [5, 5.41) is 24.0. The zero-order valence-corrected chi connectivity index (χ0v) is 19.7. The van der Waals surface area contributed by atoms with Gasteiger partial charge in [-0.3, -0.25) is 15.9 Å². The summed E-state index contributed by atoms with van der Waals surface area (Å²) in [7, 11) is 0. The van der Waals surface area contributed by atoms with Crippen molar-refractivity contribution in [2.75, 3.05) is 18.0 Å². The molecule has 0 aliphatic carbocycles. The Kier molecular flexibility index (Phi) is 6.18. The van der Waals surface area contributed by atoms with Crippen LogP contribution in [0.2, 0.25) is 10.0 Å². The molecule has 0 radical (unpaired) electrons. The van der Waals surface area contributed by atoms with Crippen molar-refractivity contribution in [2.24, 2.45) is 5.73 Å². The quantitative estimate of drug-likeness (QED) is 0.316. The number of benzene rings is 2. The van der Waals surface area contributed by atoms with Gasteiger partial charge in [0.15, 0.2) is 5.75 Å². The lowest BCUT2D eigenvalue weighted by molar-refractivity contribution is -0.114. The molecule has 1 amide bonds. The van der Waals surface area contributed by atoms with Gasteiger partial charge < -0.3 is 15.3 Å². The van der Waals surface area contributed by atoms with Gasteiger partial charge >= 0.3 is 0 Å². The molecule has 1 aliphatic rings. The zero-order valence-electron chi connectivity index (χ0n) is 18.1. The van der Waals surface area contributed by atoms with E-state index in [2.05, 4.69) is 15.4 Å². The number of aromatic hydroxyl groups is 1. The number of phenolic OH excluding ortho intramolecular Hbond substituents is 1. The number of amides is 1. The van der Waals surface area contributed by atoms with Crippen molar-refractivity contribution in [3.05, 3.63) is 63.2 Å². The van der Waals surface area contributed by atoms with E-state index in [1.807, 2.05) is 17.9 Å². The molecule has 3 aromatic rings. The second-order valence-corrected chi connectivity index (χ2v) is 8.88. The summed E-state index contributed by atoms with van der Waals surface area (Å²) in [6.07, 6.45) is 2.23. The first-order chi connectivity index (χ1) is 15.6. The van der Waals surface area contributed by atoms with Crippen LogP contribution in [-0.2, 0) is 0 Å². The lowest BCUT2D eigenvalue weighted by Crippen LogP contribution is -2.46. The number of nitrogens with two attached hydrogens (primary N) is 2. The molecule has 1 aromatic heterocycles. The van der Waals surface area contributed by atoms with Crippen molar-refractivity contribution in [3.63, 3.8) is 0 Å². The predicted molar refractivity (Wildman–Crippen MR) is 127 cm³/mol. The van der Waals surface area contributed by atoms with E-state index < -0.39 is 0 Å². The summed E-state index contributed by atoms with van der Waals surface area (Å²) in [5.41, 5.74) is 8.46. The monoisotopic (exact) mass is 488 g/mol. The number of nitrogens with one attached hydrogen (secondary N) is 1. The first-order valence-electron chi connectivity index (χ1n) is 10.3. The Bertz CT molecular complexity index is 1230. The van der Waals surface area contributed by atoms with Crippen LogP contribution in [-0.4, -0.2) is 50.7 Å². The van der Waals surface area contributed by atoms with Gasteiger partial charge in [0.2, 0.25) is 0 Å². The first-order valence-corrected chi connectivity index (χ1v) is 11.0. The number of nitrogens with zero attached hydrogens (tertiary/aromatic N) is 4.